The van der Waals surface area contributed by atoms with E-state index < -0.39 is 5.79 Å². The van der Waals surface area contributed by atoms with Gasteiger partial charge in [0, 0.05) is 11.8 Å². The third-order valence-corrected chi connectivity index (χ3v) is 4.75. The SMILES string of the molecule is CC1(C)CCC2(C=O)CCC3(C=C12)OCCO3. The molecule has 1 aliphatic heterocycles. The quantitative estimate of drug-likeness (QED) is 0.518. The Kier molecular flexibility index (Phi) is 2.30. The summed E-state index contributed by atoms with van der Waals surface area (Å²) in [5, 5.41) is 0. The fourth-order valence-corrected chi connectivity index (χ4v) is 3.65. The van der Waals surface area contributed by atoms with E-state index in [-0.39, 0.29) is 10.8 Å². The Balaban J connectivity index is 2.05. The van der Waals surface area contributed by atoms with Gasteiger partial charge in [-0.2, -0.15) is 0 Å². The largest absolute Gasteiger partial charge is 0.344 e. The van der Waals surface area contributed by atoms with Gasteiger partial charge in [0.1, 0.15) is 6.29 Å². The van der Waals surface area contributed by atoms with Crippen molar-refractivity contribution in [2.75, 3.05) is 13.2 Å². The van der Waals surface area contributed by atoms with Crippen LogP contribution in [0.1, 0.15) is 39.5 Å². The van der Waals surface area contributed by atoms with Crippen molar-refractivity contribution >= 4 is 6.29 Å². The van der Waals surface area contributed by atoms with Crippen LogP contribution >= 0.6 is 0 Å². The van der Waals surface area contributed by atoms with Gasteiger partial charge in [0.15, 0.2) is 5.79 Å². The second-order valence-corrected chi connectivity index (χ2v) is 6.22. The topological polar surface area (TPSA) is 35.5 Å². The number of carbonyl (C=O) groups is 1. The molecule has 2 fully saturated rings. The highest BCUT2D eigenvalue weighted by Crippen LogP contribution is 2.59. The summed E-state index contributed by atoms with van der Waals surface area (Å²) in [6, 6.07) is 0. The lowest BCUT2D eigenvalue weighted by molar-refractivity contribution is -0.137. The second kappa shape index (κ2) is 3.42. The first kappa shape index (κ1) is 11.4. The van der Waals surface area contributed by atoms with Crippen LogP contribution in [-0.2, 0) is 14.3 Å². The number of fused-ring (bicyclic) bond motifs is 1. The molecule has 0 aromatic heterocycles. The Hall–Kier alpha value is -0.670. The molecule has 0 radical (unpaired) electrons. The molecule has 17 heavy (non-hydrogen) atoms. The van der Waals surface area contributed by atoms with Gasteiger partial charge < -0.3 is 14.3 Å². The molecule has 1 atom stereocenters. The summed E-state index contributed by atoms with van der Waals surface area (Å²) in [6.07, 6.45) is 7.01. The zero-order chi connectivity index (χ0) is 12.1. The summed E-state index contributed by atoms with van der Waals surface area (Å²) in [5.41, 5.74) is 1.11. The van der Waals surface area contributed by atoms with Gasteiger partial charge in [0.05, 0.1) is 13.2 Å². The summed E-state index contributed by atoms with van der Waals surface area (Å²) in [7, 11) is 0. The van der Waals surface area contributed by atoms with E-state index in [1.807, 2.05) is 0 Å². The summed E-state index contributed by atoms with van der Waals surface area (Å²) in [5.74, 6) is -0.524. The highest BCUT2D eigenvalue weighted by molar-refractivity contribution is 5.68. The standard InChI is InChI=1S/C14H20O3/c1-12(2)3-4-13(10-15)5-6-14(9-11(12)13)16-7-8-17-14/h9-10H,3-8H2,1-2H3. The molecule has 3 rings (SSSR count). The van der Waals surface area contributed by atoms with Crippen molar-refractivity contribution in [3.8, 4) is 0 Å². The van der Waals surface area contributed by atoms with E-state index in [0.717, 1.165) is 32.0 Å². The van der Waals surface area contributed by atoms with E-state index in [1.54, 1.807) is 0 Å². The van der Waals surface area contributed by atoms with Crippen molar-refractivity contribution in [3.63, 3.8) is 0 Å². The smallest absolute Gasteiger partial charge is 0.188 e. The average Bonchev–Trinajstić information content (AvgIpc) is 2.86. The van der Waals surface area contributed by atoms with Crippen LogP contribution in [0.25, 0.3) is 0 Å². The lowest BCUT2D eigenvalue weighted by Crippen LogP contribution is -2.39. The molecular weight excluding hydrogens is 216 g/mol. The van der Waals surface area contributed by atoms with Crippen LogP contribution in [0.15, 0.2) is 11.6 Å². The van der Waals surface area contributed by atoms with Crippen LogP contribution in [0.2, 0.25) is 0 Å². The maximum absolute atomic E-state index is 11.5. The van der Waals surface area contributed by atoms with Crippen LogP contribution in [-0.4, -0.2) is 25.3 Å². The van der Waals surface area contributed by atoms with Gasteiger partial charge >= 0.3 is 0 Å². The molecule has 1 saturated carbocycles. The Labute approximate surface area is 102 Å². The number of hydrogen-bond donors (Lipinski definition) is 0. The summed E-state index contributed by atoms with van der Waals surface area (Å²) >= 11 is 0. The van der Waals surface area contributed by atoms with Gasteiger partial charge in [-0.3, -0.25) is 0 Å². The van der Waals surface area contributed by atoms with Crippen LogP contribution in [0.4, 0.5) is 0 Å². The van der Waals surface area contributed by atoms with Gasteiger partial charge in [0.25, 0.3) is 0 Å². The third kappa shape index (κ3) is 1.52. The summed E-state index contributed by atoms with van der Waals surface area (Å²) in [4.78, 5) is 11.5. The van der Waals surface area contributed by atoms with Gasteiger partial charge in [-0.1, -0.05) is 13.8 Å². The molecule has 1 spiro atoms. The lowest BCUT2D eigenvalue weighted by Gasteiger charge is -2.39. The molecule has 0 N–H and O–H groups in total. The Bertz CT molecular complexity index is 377. The highest BCUT2D eigenvalue weighted by Gasteiger charge is 2.54. The Morgan fingerprint density at radius 3 is 2.41 bits per heavy atom. The molecule has 3 nitrogen and oxygen atoms in total. The molecule has 1 heterocycles. The molecular formula is C14H20O3. The number of allylic oxidation sites excluding steroid dienone is 1. The number of ether oxygens (including phenoxy) is 2. The molecule has 0 aromatic rings. The van der Waals surface area contributed by atoms with Crippen LogP contribution in [0.3, 0.4) is 0 Å². The minimum Gasteiger partial charge on any atom is -0.344 e. The maximum atomic E-state index is 11.5. The molecule has 94 valence electrons. The predicted molar refractivity (Wildman–Crippen MR) is 63.5 cm³/mol. The zero-order valence-corrected chi connectivity index (χ0v) is 10.6. The van der Waals surface area contributed by atoms with Crippen LogP contribution in [0.5, 0.6) is 0 Å². The van der Waals surface area contributed by atoms with Gasteiger partial charge in [-0.15, -0.1) is 0 Å². The number of carbonyl (C=O) groups excluding carboxylic acids is 1. The van der Waals surface area contributed by atoms with Crippen molar-refractivity contribution in [2.24, 2.45) is 10.8 Å². The molecule has 1 saturated heterocycles. The predicted octanol–water partition coefficient (Wildman–Crippen LogP) is 2.46. The molecule has 2 aliphatic carbocycles. The van der Waals surface area contributed by atoms with Crippen LogP contribution < -0.4 is 0 Å². The highest BCUT2D eigenvalue weighted by atomic mass is 16.7. The monoisotopic (exact) mass is 236 g/mol. The number of aldehydes is 1. The van der Waals surface area contributed by atoms with E-state index in [1.165, 1.54) is 5.57 Å². The summed E-state index contributed by atoms with van der Waals surface area (Å²) < 4.78 is 11.5. The first-order chi connectivity index (χ1) is 8.02. The van der Waals surface area contributed by atoms with Crippen molar-refractivity contribution in [1.29, 1.82) is 0 Å². The number of rotatable bonds is 1. The fraction of sp³-hybridized carbons (Fsp3) is 0.786. The molecule has 0 bridgehead atoms. The van der Waals surface area contributed by atoms with E-state index in [9.17, 15) is 4.79 Å². The lowest BCUT2D eigenvalue weighted by atomic mass is 9.69. The van der Waals surface area contributed by atoms with E-state index in [0.29, 0.717) is 13.2 Å². The molecule has 1 unspecified atom stereocenters. The van der Waals surface area contributed by atoms with E-state index in [2.05, 4.69) is 19.9 Å². The first-order valence-electron chi connectivity index (χ1n) is 6.50. The van der Waals surface area contributed by atoms with Crippen LogP contribution in [0, 0.1) is 10.8 Å². The van der Waals surface area contributed by atoms with Gasteiger partial charge in [-0.05, 0) is 36.3 Å². The molecule has 0 amide bonds. The Morgan fingerprint density at radius 1 is 1.12 bits per heavy atom. The first-order valence-corrected chi connectivity index (χ1v) is 6.50. The van der Waals surface area contributed by atoms with Crippen molar-refractivity contribution < 1.29 is 14.3 Å². The minimum atomic E-state index is -0.524. The van der Waals surface area contributed by atoms with E-state index >= 15 is 0 Å². The zero-order valence-electron chi connectivity index (χ0n) is 10.6. The van der Waals surface area contributed by atoms with Crippen molar-refractivity contribution in [1.82, 2.24) is 0 Å². The fourth-order valence-electron chi connectivity index (χ4n) is 3.65. The third-order valence-electron chi connectivity index (χ3n) is 4.75. The average molecular weight is 236 g/mol. The molecule has 0 aromatic carbocycles. The maximum Gasteiger partial charge on any atom is 0.188 e. The summed E-state index contributed by atoms with van der Waals surface area (Å²) in [6.45, 7) is 5.77. The van der Waals surface area contributed by atoms with Crippen molar-refractivity contribution in [3.05, 3.63) is 11.6 Å². The van der Waals surface area contributed by atoms with Crippen molar-refractivity contribution in [2.45, 2.75) is 45.3 Å². The van der Waals surface area contributed by atoms with Gasteiger partial charge in [-0.25, -0.2) is 0 Å². The second-order valence-electron chi connectivity index (χ2n) is 6.22. The molecule has 3 heteroatoms. The normalized spacial score (nSPS) is 37.9. The number of hydrogen-bond acceptors (Lipinski definition) is 3. The minimum absolute atomic E-state index is 0.101. The Morgan fingerprint density at radius 2 is 1.76 bits per heavy atom. The van der Waals surface area contributed by atoms with Gasteiger partial charge in [0.2, 0.25) is 0 Å². The molecule has 3 aliphatic rings. The van der Waals surface area contributed by atoms with E-state index in [4.69, 9.17) is 9.47 Å².